The van der Waals surface area contributed by atoms with Crippen molar-refractivity contribution in [2.45, 2.75) is 19.3 Å². The quantitative estimate of drug-likeness (QED) is 0.653. The third-order valence-corrected chi connectivity index (χ3v) is 6.66. The summed E-state index contributed by atoms with van der Waals surface area (Å²) in [5, 5.41) is 0. The Morgan fingerprint density at radius 2 is 1.74 bits per heavy atom. The number of aryl methyl sites for hydroxylation is 1. The summed E-state index contributed by atoms with van der Waals surface area (Å²) >= 11 is 0. The largest absolute Gasteiger partial charge is 0.370 e. The normalized spacial score (nSPS) is 18.0. The average Bonchev–Trinajstić information content (AvgIpc) is 3.38. The van der Waals surface area contributed by atoms with Gasteiger partial charge < -0.3 is 14.4 Å². The van der Waals surface area contributed by atoms with E-state index in [1.165, 1.54) is 5.69 Å². The van der Waals surface area contributed by atoms with E-state index in [9.17, 15) is 4.79 Å². The summed E-state index contributed by atoms with van der Waals surface area (Å²) in [6.07, 6.45) is 3.38. The van der Waals surface area contributed by atoms with E-state index in [1.807, 2.05) is 11.0 Å². The summed E-state index contributed by atoms with van der Waals surface area (Å²) in [5.74, 6) is 1.30. The summed E-state index contributed by atoms with van der Waals surface area (Å²) in [4.78, 5) is 24.2. The minimum atomic E-state index is 0.301. The summed E-state index contributed by atoms with van der Waals surface area (Å²) in [6.45, 7) is 6.31. The molecule has 0 bridgehead atoms. The smallest absolute Gasteiger partial charge is 0.236 e. The Balaban J connectivity index is 1.29. The van der Waals surface area contributed by atoms with Crippen LogP contribution in [0.5, 0.6) is 0 Å². The van der Waals surface area contributed by atoms with Crippen LogP contribution in [0.4, 0.5) is 5.69 Å². The zero-order valence-electron chi connectivity index (χ0n) is 18.3. The van der Waals surface area contributed by atoms with Gasteiger partial charge in [0.2, 0.25) is 5.91 Å². The molecule has 0 spiro atoms. The number of para-hydroxylation sites is 2. The molecule has 0 radical (unpaired) electrons. The molecule has 2 fully saturated rings. The molecule has 0 aliphatic carbocycles. The Labute approximate surface area is 184 Å². The highest BCUT2D eigenvalue weighted by Gasteiger charge is 2.22. The van der Waals surface area contributed by atoms with E-state index < -0.39 is 0 Å². The van der Waals surface area contributed by atoms with Crippen molar-refractivity contribution >= 4 is 22.6 Å². The number of benzene rings is 2. The maximum Gasteiger partial charge on any atom is 0.236 e. The first-order chi connectivity index (χ1) is 15.2. The van der Waals surface area contributed by atoms with Gasteiger partial charge in [-0.25, -0.2) is 4.98 Å². The number of likely N-dealkylation sites (tertiary alicyclic amines) is 1. The molecular formula is C25H31N5O. The lowest BCUT2D eigenvalue weighted by Gasteiger charge is -2.25. The van der Waals surface area contributed by atoms with Crippen LogP contribution in [-0.4, -0.2) is 71.1 Å². The molecule has 162 valence electrons. The van der Waals surface area contributed by atoms with Crippen LogP contribution in [0.25, 0.3) is 22.4 Å². The van der Waals surface area contributed by atoms with E-state index in [0.29, 0.717) is 12.5 Å². The van der Waals surface area contributed by atoms with Crippen molar-refractivity contribution in [1.29, 1.82) is 0 Å². The van der Waals surface area contributed by atoms with Crippen molar-refractivity contribution in [2.24, 2.45) is 7.05 Å². The van der Waals surface area contributed by atoms with Gasteiger partial charge in [0.05, 0.1) is 17.6 Å². The Bertz CT molecular complexity index is 1070. The summed E-state index contributed by atoms with van der Waals surface area (Å²) < 4.78 is 2.17. The Hall–Kier alpha value is -2.86. The first-order valence-electron chi connectivity index (χ1n) is 11.5. The summed E-state index contributed by atoms with van der Waals surface area (Å²) in [6, 6.07) is 17.0. The third kappa shape index (κ3) is 4.17. The van der Waals surface area contributed by atoms with Crippen LogP contribution >= 0.6 is 0 Å². The fraction of sp³-hybridized carbons (Fsp3) is 0.440. The van der Waals surface area contributed by atoms with Gasteiger partial charge >= 0.3 is 0 Å². The average molecular weight is 418 g/mol. The van der Waals surface area contributed by atoms with Gasteiger partial charge in [0.1, 0.15) is 5.82 Å². The second-order valence-corrected chi connectivity index (χ2v) is 8.74. The molecule has 0 unspecified atom stereocenters. The maximum absolute atomic E-state index is 12.5. The third-order valence-electron chi connectivity index (χ3n) is 6.66. The van der Waals surface area contributed by atoms with Gasteiger partial charge in [-0.1, -0.05) is 24.3 Å². The molecular weight excluding hydrogens is 386 g/mol. The molecule has 1 aromatic heterocycles. The molecule has 3 heterocycles. The van der Waals surface area contributed by atoms with Gasteiger partial charge in [0.25, 0.3) is 0 Å². The number of hydrogen-bond donors (Lipinski definition) is 0. The first kappa shape index (κ1) is 20.1. The number of hydrogen-bond acceptors (Lipinski definition) is 4. The maximum atomic E-state index is 12.5. The van der Waals surface area contributed by atoms with Gasteiger partial charge in [-0.15, -0.1) is 0 Å². The molecule has 31 heavy (non-hydrogen) atoms. The number of nitrogens with zero attached hydrogens (tertiary/aromatic N) is 5. The molecule has 2 aliphatic rings. The minimum Gasteiger partial charge on any atom is -0.370 e. The van der Waals surface area contributed by atoms with Crippen molar-refractivity contribution in [3.63, 3.8) is 0 Å². The molecule has 0 atom stereocenters. The number of amides is 1. The fourth-order valence-corrected chi connectivity index (χ4v) is 4.89. The van der Waals surface area contributed by atoms with Crippen LogP contribution in [0.2, 0.25) is 0 Å². The van der Waals surface area contributed by atoms with Gasteiger partial charge in [0, 0.05) is 57.6 Å². The Morgan fingerprint density at radius 1 is 0.903 bits per heavy atom. The van der Waals surface area contributed by atoms with Crippen LogP contribution < -0.4 is 4.90 Å². The first-order valence-corrected chi connectivity index (χ1v) is 11.5. The number of fused-ring (bicyclic) bond motifs is 1. The van der Waals surface area contributed by atoms with Crippen LogP contribution in [0, 0.1) is 0 Å². The molecule has 6 nitrogen and oxygen atoms in total. The Morgan fingerprint density at radius 3 is 2.58 bits per heavy atom. The minimum absolute atomic E-state index is 0.301. The zero-order chi connectivity index (χ0) is 21.2. The van der Waals surface area contributed by atoms with Crippen molar-refractivity contribution in [3.8, 4) is 11.4 Å². The number of carbonyl (C=O) groups is 1. The molecule has 3 aromatic rings. The summed E-state index contributed by atoms with van der Waals surface area (Å²) in [5.41, 5.74) is 4.55. The van der Waals surface area contributed by atoms with Crippen molar-refractivity contribution in [3.05, 3.63) is 48.5 Å². The standard InChI is InChI=1S/C25H31N5O/c1-27-23-11-3-2-10-22(23)26-25(27)20-8-6-9-21(18-20)29-15-7-12-28(16-17-29)19-24(31)30-13-4-5-14-30/h2-3,6,8-11,18H,4-5,7,12-17,19H2,1H3. The van der Waals surface area contributed by atoms with Gasteiger partial charge in [-0.3, -0.25) is 9.69 Å². The van der Waals surface area contributed by atoms with E-state index in [4.69, 9.17) is 4.98 Å². The molecule has 2 saturated heterocycles. The van der Waals surface area contributed by atoms with Gasteiger partial charge in [-0.05, 0) is 43.5 Å². The van der Waals surface area contributed by atoms with Crippen LogP contribution in [0.15, 0.2) is 48.5 Å². The number of rotatable bonds is 4. The summed E-state index contributed by atoms with van der Waals surface area (Å²) in [7, 11) is 2.08. The molecule has 1 amide bonds. The number of imidazole rings is 1. The number of aromatic nitrogens is 2. The highest BCUT2D eigenvalue weighted by molar-refractivity contribution is 5.81. The zero-order valence-corrected chi connectivity index (χ0v) is 18.3. The van der Waals surface area contributed by atoms with Crippen molar-refractivity contribution < 1.29 is 4.79 Å². The van der Waals surface area contributed by atoms with E-state index in [-0.39, 0.29) is 0 Å². The SMILES string of the molecule is Cn1c(-c2cccc(N3CCCN(CC(=O)N4CCCC4)CC3)c2)nc2ccccc21. The monoisotopic (exact) mass is 417 g/mol. The predicted molar refractivity (Wildman–Crippen MR) is 125 cm³/mol. The van der Waals surface area contributed by atoms with E-state index >= 15 is 0 Å². The van der Waals surface area contributed by atoms with Crippen LogP contribution in [0.1, 0.15) is 19.3 Å². The molecule has 5 rings (SSSR count). The predicted octanol–water partition coefficient (Wildman–Crippen LogP) is 3.37. The van der Waals surface area contributed by atoms with Crippen LogP contribution in [-0.2, 0) is 11.8 Å². The second kappa shape index (κ2) is 8.71. The van der Waals surface area contributed by atoms with E-state index in [0.717, 1.165) is 81.0 Å². The molecule has 6 heteroatoms. The number of anilines is 1. The van der Waals surface area contributed by atoms with Crippen molar-refractivity contribution in [2.75, 3.05) is 50.7 Å². The van der Waals surface area contributed by atoms with Crippen molar-refractivity contribution in [1.82, 2.24) is 19.4 Å². The molecule has 0 N–H and O–H groups in total. The molecule has 2 aliphatic heterocycles. The van der Waals surface area contributed by atoms with Crippen LogP contribution in [0.3, 0.4) is 0 Å². The molecule has 2 aromatic carbocycles. The lowest BCUT2D eigenvalue weighted by molar-refractivity contribution is -0.131. The Kier molecular flexibility index (Phi) is 5.64. The van der Waals surface area contributed by atoms with E-state index in [2.05, 4.69) is 63.9 Å². The molecule has 0 saturated carbocycles. The highest BCUT2D eigenvalue weighted by atomic mass is 16.2. The lowest BCUT2D eigenvalue weighted by atomic mass is 10.1. The van der Waals surface area contributed by atoms with Gasteiger partial charge in [-0.2, -0.15) is 0 Å². The van der Waals surface area contributed by atoms with Gasteiger partial charge in [0.15, 0.2) is 0 Å². The highest BCUT2D eigenvalue weighted by Crippen LogP contribution is 2.27. The number of carbonyl (C=O) groups excluding carboxylic acids is 1. The fourth-order valence-electron chi connectivity index (χ4n) is 4.89. The van der Waals surface area contributed by atoms with E-state index in [1.54, 1.807) is 0 Å². The topological polar surface area (TPSA) is 44.6 Å². The lowest BCUT2D eigenvalue weighted by Crippen LogP contribution is -2.40. The second-order valence-electron chi connectivity index (χ2n) is 8.74.